The van der Waals surface area contributed by atoms with Gasteiger partial charge in [0.2, 0.25) is 5.91 Å². The van der Waals surface area contributed by atoms with E-state index >= 15 is 0 Å². The topological polar surface area (TPSA) is 150 Å². The predicted molar refractivity (Wildman–Crippen MR) is 120 cm³/mol. The number of nitrogens with zero attached hydrogens (tertiary/aromatic N) is 2. The van der Waals surface area contributed by atoms with E-state index in [-0.39, 0.29) is 23.7 Å². The van der Waals surface area contributed by atoms with Crippen LogP contribution in [0, 0.1) is 26.0 Å². The quantitative estimate of drug-likeness (QED) is 0.481. The standard InChI is InChI=1S/C22H23N5O4S/c1-14-10-18(32(30,31)13-16-6-4-3-5-7-16)21(24)22(29)27(14)12-20(28)25-11-17-8-9-19(23)26-15(17)2/h3-4,6,8-10H,11-13,24H2,1-2H3,(H2,23,26)(H,25,28). The summed E-state index contributed by atoms with van der Waals surface area (Å²) in [5.74, 6) is -0.420. The Morgan fingerprint density at radius 1 is 1.22 bits per heavy atom. The Morgan fingerprint density at radius 3 is 2.62 bits per heavy atom. The molecule has 0 fully saturated rings. The number of hydrogen-bond acceptors (Lipinski definition) is 7. The Kier molecular flexibility index (Phi) is 6.50. The summed E-state index contributed by atoms with van der Waals surface area (Å²) in [7, 11) is -3.90. The summed E-state index contributed by atoms with van der Waals surface area (Å²) in [4.78, 5) is 29.1. The second-order valence-electron chi connectivity index (χ2n) is 7.29. The molecule has 0 aliphatic rings. The molecule has 32 heavy (non-hydrogen) atoms. The van der Waals surface area contributed by atoms with E-state index < -0.39 is 27.0 Å². The molecule has 9 nitrogen and oxygen atoms in total. The van der Waals surface area contributed by atoms with Gasteiger partial charge in [-0.25, -0.2) is 13.4 Å². The highest BCUT2D eigenvalue weighted by Crippen LogP contribution is 2.21. The van der Waals surface area contributed by atoms with E-state index in [1.807, 2.05) is 0 Å². The van der Waals surface area contributed by atoms with Gasteiger partial charge in [0.15, 0.2) is 9.84 Å². The number of hydrogen-bond donors (Lipinski definition) is 3. The van der Waals surface area contributed by atoms with Gasteiger partial charge in [0, 0.05) is 23.5 Å². The molecule has 2 heterocycles. The normalized spacial score (nSPS) is 11.1. The molecule has 10 heteroatoms. The van der Waals surface area contributed by atoms with Crippen molar-refractivity contribution in [2.75, 3.05) is 11.5 Å². The zero-order valence-corrected chi connectivity index (χ0v) is 18.5. The van der Waals surface area contributed by atoms with Crippen molar-refractivity contribution in [3.63, 3.8) is 0 Å². The summed E-state index contributed by atoms with van der Waals surface area (Å²) in [5, 5.41) is 2.71. The van der Waals surface area contributed by atoms with Crippen molar-refractivity contribution in [3.8, 4) is 0 Å². The van der Waals surface area contributed by atoms with E-state index in [2.05, 4.69) is 22.4 Å². The third-order valence-electron chi connectivity index (χ3n) is 4.89. The number of aryl methyl sites for hydroxylation is 2. The maximum absolute atomic E-state index is 12.8. The Balaban J connectivity index is 1.79. The fourth-order valence-corrected chi connectivity index (χ4v) is 4.66. The summed E-state index contributed by atoms with van der Waals surface area (Å²) >= 11 is 0. The Morgan fingerprint density at radius 2 is 1.97 bits per heavy atom. The molecule has 0 saturated heterocycles. The van der Waals surface area contributed by atoms with Crippen LogP contribution in [0.25, 0.3) is 0 Å². The molecule has 0 saturated carbocycles. The highest BCUT2D eigenvalue weighted by molar-refractivity contribution is 7.90. The van der Waals surface area contributed by atoms with Gasteiger partial charge in [-0.1, -0.05) is 24.3 Å². The number of rotatable bonds is 7. The molecule has 0 bridgehead atoms. The lowest BCUT2D eigenvalue weighted by atomic mass is 10.2. The highest BCUT2D eigenvalue weighted by Gasteiger charge is 2.23. The van der Waals surface area contributed by atoms with Crippen LogP contribution >= 0.6 is 0 Å². The lowest BCUT2D eigenvalue weighted by molar-refractivity contribution is -0.121. The molecule has 166 valence electrons. The summed E-state index contributed by atoms with van der Waals surface area (Å²) in [5.41, 5.74) is 12.5. The molecule has 1 amide bonds. The van der Waals surface area contributed by atoms with Crippen molar-refractivity contribution < 1.29 is 13.2 Å². The van der Waals surface area contributed by atoms with Crippen LogP contribution in [0.3, 0.4) is 0 Å². The molecule has 2 aromatic heterocycles. The number of nitrogen functional groups attached to an aromatic ring is 2. The van der Waals surface area contributed by atoms with E-state index in [1.54, 1.807) is 44.2 Å². The highest BCUT2D eigenvalue weighted by atomic mass is 32.2. The van der Waals surface area contributed by atoms with Gasteiger partial charge < -0.3 is 21.4 Å². The zero-order chi connectivity index (χ0) is 23.5. The van der Waals surface area contributed by atoms with Gasteiger partial charge in [0.1, 0.15) is 18.1 Å². The number of nitrogens with one attached hydrogen (secondary N) is 1. The van der Waals surface area contributed by atoms with E-state index in [1.165, 1.54) is 6.07 Å². The van der Waals surface area contributed by atoms with Crippen LogP contribution in [0.1, 0.15) is 22.5 Å². The van der Waals surface area contributed by atoms with Crippen LogP contribution in [0.2, 0.25) is 0 Å². The third-order valence-corrected chi connectivity index (χ3v) is 6.59. The molecular weight excluding hydrogens is 430 g/mol. The van der Waals surface area contributed by atoms with Crippen molar-refractivity contribution in [1.29, 1.82) is 0 Å². The largest absolute Gasteiger partial charge is 0.393 e. The molecule has 3 rings (SSSR count). The minimum absolute atomic E-state index is 0.207. The van der Waals surface area contributed by atoms with Gasteiger partial charge in [-0.3, -0.25) is 9.59 Å². The third kappa shape index (κ3) is 5.07. The first-order valence-corrected chi connectivity index (χ1v) is 11.3. The lowest BCUT2D eigenvalue weighted by Gasteiger charge is -2.15. The number of carbonyl (C=O) groups excluding carboxylic acids is 1. The molecule has 1 aromatic carbocycles. The Labute approximate surface area is 186 Å². The van der Waals surface area contributed by atoms with Crippen LogP contribution < -0.4 is 22.3 Å². The number of amides is 1. The molecule has 5 N–H and O–H groups in total. The number of aromatic nitrogens is 2. The maximum Gasteiger partial charge on any atom is 0.275 e. The van der Waals surface area contributed by atoms with Gasteiger partial charge >= 0.3 is 0 Å². The monoisotopic (exact) mass is 453 g/mol. The van der Waals surface area contributed by atoms with E-state index in [4.69, 9.17) is 11.5 Å². The summed E-state index contributed by atoms with van der Waals surface area (Å²) < 4.78 is 26.8. The fourth-order valence-electron chi connectivity index (χ4n) is 3.15. The number of sulfone groups is 1. The maximum atomic E-state index is 12.8. The van der Waals surface area contributed by atoms with Gasteiger partial charge in [-0.15, -0.1) is 0 Å². The van der Waals surface area contributed by atoms with Gasteiger partial charge in [-0.05, 0) is 43.7 Å². The summed E-state index contributed by atoms with van der Waals surface area (Å²) in [6.45, 7) is 3.22. The average Bonchev–Trinajstić information content (AvgIpc) is 2.73. The van der Waals surface area contributed by atoms with Gasteiger partial charge in [0.25, 0.3) is 5.56 Å². The Hall–Kier alpha value is -3.84. The van der Waals surface area contributed by atoms with E-state index in [0.29, 0.717) is 22.8 Å². The van der Waals surface area contributed by atoms with Crippen molar-refractivity contribution in [1.82, 2.24) is 14.9 Å². The molecule has 0 atom stereocenters. The van der Waals surface area contributed by atoms with Crippen LogP contribution in [0.15, 0.2) is 46.1 Å². The predicted octanol–water partition coefficient (Wildman–Crippen LogP) is 0.915. The molecule has 0 spiro atoms. The Bertz CT molecular complexity index is 1320. The van der Waals surface area contributed by atoms with E-state index in [9.17, 15) is 18.0 Å². The van der Waals surface area contributed by atoms with Crippen molar-refractivity contribution in [2.45, 2.75) is 37.6 Å². The molecule has 0 radical (unpaired) electrons. The van der Waals surface area contributed by atoms with Crippen LogP contribution in [0.4, 0.5) is 11.5 Å². The van der Waals surface area contributed by atoms with Gasteiger partial charge in [-0.2, -0.15) is 0 Å². The second-order valence-corrected chi connectivity index (χ2v) is 9.25. The SMILES string of the molecule is Cc1nc(N)ccc1CNC(=O)Cn1c(C)cc(S(=O)(=O)Cc2c#cccc2)c(N)c1=O. The first-order chi connectivity index (χ1) is 15.1. The smallest absolute Gasteiger partial charge is 0.275 e. The van der Waals surface area contributed by atoms with Gasteiger partial charge in [0.05, 0.1) is 10.6 Å². The molecule has 3 aromatic rings. The summed E-state index contributed by atoms with van der Waals surface area (Å²) in [6, 6.07) is 15.0. The molecule has 0 aliphatic heterocycles. The second kappa shape index (κ2) is 9.11. The minimum Gasteiger partial charge on any atom is -0.393 e. The zero-order valence-electron chi connectivity index (χ0n) is 17.7. The summed E-state index contributed by atoms with van der Waals surface area (Å²) in [6.07, 6.45) is 0. The van der Waals surface area contributed by atoms with Crippen LogP contribution in [-0.4, -0.2) is 23.9 Å². The number of pyridine rings is 2. The lowest BCUT2D eigenvalue weighted by Crippen LogP contribution is -2.35. The molecule has 0 aliphatic carbocycles. The number of anilines is 2. The van der Waals surface area contributed by atoms with Crippen molar-refractivity contribution in [3.05, 3.63) is 81.4 Å². The average molecular weight is 454 g/mol. The minimum atomic E-state index is -3.90. The number of carbonyl (C=O) groups is 1. The molecule has 0 unspecified atom stereocenters. The fraction of sp³-hybridized carbons (Fsp3) is 0.227. The first-order valence-electron chi connectivity index (χ1n) is 9.67. The van der Waals surface area contributed by atoms with E-state index in [0.717, 1.165) is 10.1 Å². The van der Waals surface area contributed by atoms with Crippen molar-refractivity contribution in [2.24, 2.45) is 0 Å². The first kappa shape index (κ1) is 22.8. The number of nitrogens with two attached hydrogens (primary N) is 2. The van der Waals surface area contributed by atoms with Crippen LogP contribution in [0.5, 0.6) is 0 Å². The van der Waals surface area contributed by atoms with Crippen LogP contribution in [-0.2, 0) is 33.5 Å². The van der Waals surface area contributed by atoms with Crippen molar-refractivity contribution >= 4 is 27.2 Å². The molecular formula is C22H23N5O4S.